The third-order valence-electron chi connectivity index (χ3n) is 1.48. The summed E-state index contributed by atoms with van der Waals surface area (Å²) in [6.45, 7) is -0.454. The zero-order valence-corrected chi connectivity index (χ0v) is 6.84. The van der Waals surface area contributed by atoms with Crippen molar-refractivity contribution in [3.05, 3.63) is 24.5 Å². The van der Waals surface area contributed by atoms with Crippen molar-refractivity contribution < 1.29 is 15.0 Å². The molecule has 3 N–H and O–H groups in total. The molecule has 1 atom stereocenters. The second-order valence-electron chi connectivity index (χ2n) is 2.46. The third kappa shape index (κ3) is 2.72. The number of carboxylic acid groups (broad SMARTS) is 1. The summed E-state index contributed by atoms with van der Waals surface area (Å²) in [6, 6.07) is 2.38. The molecule has 1 heterocycles. The maximum atomic E-state index is 10.5. The molecule has 0 aliphatic carbocycles. The topological polar surface area (TPSA) is 82.5 Å². The Morgan fingerprint density at radius 3 is 2.92 bits per heavy atom. The average Bonchev–Trinajstić information content (AvgIpc) is 2.15. The SMILES string of the molecule is O=C(O)C(CO)Nc1cccnc1. The average molecular weight is 182 g/mol. The molecule has 1 unspecified atom stereocenters. The number of aliphatic hydroxyl groups excluding tert-OH is 1. The quantitative estimate of drug-likeness (QED) is 0.607. The summed E-state index contributed by atoms with van der Waals surface area (Å²) in [6.07, 6.45) is 3.07. The Bertz CT molecular complexity index is 276. The number of aromatic nitrogens is 1. The maximum Gasteiger partial charge on any atom is 0.328 e. The first-order chi connectivity index (χ1) is 6.24. The summed E-state index contributed by atoms with van der Waals surface area (Å²) >= 11 is 0. The van der Waals surface area contributed by atoms with Gasteiger partial charge in [0, 0.05) is 12.4 Å². The van der Waals surface area contributed by atoms with Crippen LogP contribution in [0.25, 0.3) is 0 Å². The summed E-state index contributed by atoms with van der Waals surface area (Å²) in [5.41, 5.74) is 0.573. The van der Waals surface area contributed by atoms with E-state index >= 15 is 0 Å². The summed E-state index contributed by atoms with van der Waals surface area (Å²) in [5, 5.41) is 19.9. The number of aliphatic hydroxyl groups is 1. The summed E-state index contributed by atoms with van der Waals surface area (Å²) in [7, 11) is 0. The lowest BCUT2D eigenvalue weighted by molar-refractivity contribution is -0.138. The zero-order valence-electron chi connectivity index (χ0n) is 6.84. The molecule has 0 bridgehead atoms. The lowest BCUT2D eigenvalue weighted by Crippen LogP contribution is -2.32. The van der Waals surface area contributed by atoms with Crippen molar-refractivity contribution in [1.82, 2.24) is 4.98 Å². The number of anilines is 1. The van der Waals surface area contributed by atoms with Gasteiger partial charge in [0.25, 0.3) is 0 Å². The van der Waals surface area contributed by atoms with Gasteiger partial charge in [-0.3, -0.25) is 4.98 Å². The lowest BCUT2D eigenvalue weighted by atomic mass is 10.3. The summed E-state index contributed by atoms with van der Waals surface area (Å²) in [5.74, 6) is -1.09. The highest BCUT2D eigenvalue weighted by molar-refractivity contribution is 5.77. The molecule has 0 saturated carbocycles. The van der Waals surface area contributed by atoms with E-state index < -0.39 is 18.6 Å². The second kappa shape index (κ2) is 4.42. The lowest BCUT2D eigenvalue weighted by Gasteiger charge is -2.11. The standard InChI is InChI=1S/C8H10N2O3/c11-5-7(8(12)13)10-6-2-1-3-9-4-6/h1-4,7,10-11H,5H2,(H,12,13). The van der Waals surface area contributed by atoms with Gasteiger partial charge in [0.05, 0.1) is 12.3 Å². The molecule has 0 aromatic carbocycles. The van der Waals surface area contributed by atoms with E-state index in [0.717, 1.165) is 0 Å². The first kappa shape index (κ1) is 9.47. The molecule has 70 valence electrons. The highest BCUT2D eigenvalue weighted by Gasteiger charge is 2.14. The van der Waals surface area contributed by atoms with E-state index in [4.69, 9.17) is 10.2 Å². The van der Waals surface area contributed by atoms with Gasteiger partial charge in [-0.15, -0.1) is 0 Å². The molecular formula is C8H10N2O3. The van der Waals surface area contributed by atoms with Gasteiger partial charge in [0.1, 0.15) is 6.04 Å². The number of aliphatic carboxylic acids is 1. The molecule has 1 aromatic heterocycles. The van der Waals surface area contributed by atoms with Crippen LogP contribution in [0.1, 0.15) is 0 Å². The normalized spacial score (nSPS) is 12.1. The fraction of sp³-hybridized carbons (Fsp3) is 0.250. The molecule has 0 fully saturated rings. The van der Waals surface area contributed by atoms with Gasteiger partial charge < -0.3 is 15.5 Å². The van der Waals surface area contributed by atoms with Gasteiger partial charge in [0.15, 0.2) is 0 Å². The Morgan fingerprint density at radius 1 is 1.69 bits per heavy atom. The minimum absolute atomic E-state index is 0.454. The molecule has 5 nitrogen and oxygen atoms in total. The number of rotatable bonds is 4. The second-order valence-corrected chi connectivity index (χ2v) is 2.46. The van der Waals surface area contributed by atoms with Crippen molar-refractivity contribution in [3.63, 3.8) is 0 Å². The van der Waals surface area contributed by atoms with Crippen LogP contribution in [0.2, 0.25) is 0 Å². The van der Waals surface area contributed by atoms with Crippen LogP contribution in [0.15, 0.2) is 24.5 Å². The molecule has 0 saturated heterocycles. The van der Waals surface area contributed by atoms with Crippen LogP contribution in [0, 0.1) is 0 Å². The number of carbonyl (C=O) groups is 1. The predicted octanol–water partition coefficient (Wildman–Crippen LogP) is -0.0610. The first-order valence-corrected chi connectivity index (χ1v) is 3.74. The van der Waals surface area contributed by atoms with E-state index in [0.29, 0.717) is 5.69 Å². The van der Waals surface area contributed by atoms with Gasteiger partial charge in [-0.05, 0) is 12.1 Å². The van der Waals surface area contributed by atoms with Crippen molar-refractivity contribution in [3.8, 4) is 0 Å². The van der Waals surface area contributed by atoms with E-state index in [2.05, 4.69) is 10.3 Å². The largest absolute Gasteiger partial charge is 0.480 e. The van der Waals surface area contributed by atoms with Crippen molar-refractivity contribution >= 4 is 11.7 Å². The third-order valence-corrected chi connectivity index (χ3v) is 1.48. The zero-order chi connectivity index (χ0) is 9.68. The van der Waals surface area contributed by atoms with E-state index in [9.17, 15) is 4.79 Å². The Kier molecular flexibility index (Phi) is 3.22. The van der Waals surface area contributed by atoms with Crippen LogP contribution in [-0.2, 0) is 4.79 Å². The number of nitrogens with zero attached hydrogens (tertiary/aromatic N) is 1. The maximum absolute atomic E-state index is 10.5. The van der Waals surface area contributed by atoms with E-state index in [1.807, 2.05) is 0 Å². The number of pyridine rings is 1. The molecule has 1 rings (SSSR count). The number of hydrogen-bond donors (Lipinski definition) is 3. The minimum atomic E-state index is -1.09. The Hall–Kier alpha value is -1.62. The van der Waals surface area contributed by atoms with Gasteiger partial charge in [-0.25, -0.2) is 4.79 Å². The first-order valence-electron chi connectivity index (χ1n) is 3.74. The Morgan fingerprint density at radius 2 is 2.46 bits per heavy atom. The van der Waals surface area contributed by atoms with Crippen molar-refractivity contribution in [1.29, 1.82) is 0 Å². The number of nitrogens with one attached hydrogen (secondary N) is 1. The van der Waals surface area contributed by atoms with Crippen LogP contribution in [0.5, 0.6) is 0 Å². The molecule has 0 aliphatic heterocycles. The molecule has 0 spiro atoms. The number of hydrogen-bond acceptors (Lipinski definition) is 4. The molecular weight excluding hydrogens is 172 g/mol. The van der Waals surface area contributed by atoms with Crippen molar-refractivity contribution in [2.75, 3.05) is 11.9 Å². The van der Waals surface area contributed by atoms with E-state index in [-0.39, 0.29) is 0 Å². The molecule has 13 heavy (non-hydrogen) atoms. The Balaban J connectivity index is 2.62. The molecule has 1 aromatic rings. The van der Waals surface area contributed by atoms with Gasteiger partial charge in [0.2, 0.25) is 0 Å². The molecule has 0 amide bonds. The van der Waals surface area contributed by atoms with Crippen molar-refractivity contribution in [2.24, 2.45) is 0 Å². The predicted molar refractivity (Wildman–Crippen MR) is 46.4 cm³/mol. The minimum Gasteiger partial charge on any atom is -0.480 e. The van der Waals surface area contributed by atoms with Crippen LogP contribution < -0.4 is 5.32 Å². The Labute approximate surface area is 75.0 Å². The van der Waals surface area contributed by atoms with Crippen molar-refractivity contribution in [2.45, 2.75) is 6.04 Å². The monoisotopic (exact) mass is 182 g/mol. The molecule has 0 aliphatic rings. The number of carboxylic acids is 1. The fourth-order valence-corrected chi connectivity index (χ4v) is 0.835. The molecule has 5 heteroatoms. The fourth-order valence-electron chi connectivity index (χ4n) is 0.835. The van der Waals surface area contributed by atoms with Crippen LogP contribution in [0.4, 0.5) is 5.69 Å². The van der Waals surface area contributed by atoms with Crippen LogP contribution >= 0.6 is 0 Å². The highest BCUT2D eigenvalue weighted by Crippen LogP contribution is 2.04. The van der Waals surface area contributed by atoms with Gasteiger partial charge >= 0.3 is 5.97 Å². The van der Waals surface area contributed by atoms with Gasteiger partial charge in [-0.1, -0.05) is 0 Å². The smallest absolute Gasteiger partial charge is 0.328 e. The molecule has 0 radical (unpaired) electrons. The van der Waals surface area contributed by atoms with Gasteiger partial charge in [-0.2, -0.15) is 0 Å². The summed E-state index contributed by atoms with van der Waals surface area (Å²) < 4.78 is 0. The van der Waals surface area contributed by atoms with E-state index in [1.165, 1.54) is 6.20 Å². The van der Waals surface area contributed by atoms with Crippen LogP contribution in [-0.4, -0.2) is 33.8 Å². The van der Waals surface area contributed by atoms with Crippen LogP contribution in [0.3, 0.4) is 0 Å². The summed E-state index contributed by atoms with van der Waals surface area (Å²) in [4.78, 5) is 14.3. The highest BCUT2D eigenvalue weighted by atomic mass is 16.4. The van der Waals surface area contributed by atoms with E-state index in [1.54, 1.807) is 18.3 Å².